The first-order valence-corrected chi connectivity index (χ1v) is 11.5. The average molecular weight is 444 g/mol. The van der Waals surface area contributed by atoms with Crippen molar-refractivity contribution in [1.29, 1.82) is 0 Å². The topological polar surface area (TPSA) is 97.3 Å². The summed E-state index contributed by atoms with van der Waals surface area (Å²) >= 11 is 2.84. The highest BCUT2D eigenvalue weighted by Crippen LogP contribution is 2.26. The lowest BCUT2D eigenvalue weighted by Gasteiger charge is -2.32. The Morgan fingerprint density at radius 3 is 2.90 bits per heavy atom. The Hall–Kier alpha value is -2.85. The summed E-state index contributed by atoms with van der Waals surface area (Å²) in [6.07, 6.45) is 1.68. The number of thiophene rings is 1. The van der Waals surface area contributed by atoms with Gasteiger partial charge < -0.3 is 15.0 Å². The molecule has 1 fully saturated rings. The second-order valence-electron chi connectivity index (χ2n) is 6.79. The van der Waals surface area contributed by atoms with Crippen LogP contribution in [0.3, 0.4) is 0 Å². The number of esters is 1. The zero-order valence-electron chi connectivity index (χ0n) is 16.4. The van der Waals surface area contributed by atoms with E-state index in [1.807, 2.05) is 29.6 Å². The second-order valence-corrected chi connectivity index (χ2v) is 8.59. The molecule has 0 radical (unpaired) electrons. The van der Waals surface area contributed by atoms with Crippen LogP contribution in [0.2, 0.25) is 0 Å². The molecule has 8 nitrogen and oxygen atoms in total. The molecule has 4 heterocycles. The van der Waals surface area contributed by atoms with Crippen LogP contribution >= 0.6 is 22.7 Å². The summed E-state index contributed by atoms with van der Waals surface area (Å²) < 4.78 is 4.93. The number of carbonyl (C=O) groups excluding carboxylic acids is 2. The third-order valence-electron chi connectivity index (χ3n) is 4.76. The van der Waals surface area contributed by atoms with Gasteiger partial charge in [0.1, 0.15) is 5.69 Å². The number of hydrogen-bond acceptors (Lipinski definition) is 9. The van der Waals surface area contributed by atoms with E-state index < -0.39 is 5.97 Å². The molecule has 3 aromatic rings. The molecular weight excluding hydrogens is 422 g/mol. The molecule has 0 aliphatic carbocycles. The van der Waals surface area contributed by atoms with Crippen LogP contribution in [0.25, 0.3) is 10.6 Å². The number of thiazole rings is 1. The van der Waals surface area contributed by atoms with E-state index in [1.165, 1.54) is 11.3 Å². The molecule has 156 valence electrons. The predicted molar refractivity (Wildman–Crippen MR) is 117 cm³/mol. The highest BCUT2D eigenvalue weighted by Gasteiger charge is 2.27. The van der Waals surface area contributed by atoms with E-state index >= 15 is 0 Å². The van der Waals surface area contributed by atoms with Crippen molar-refractivity contribution in [2.75, 3.05) is 29.9 Å². The average Bonchev–Trinajstić information content (AvgIpc) is 3.47. The van der Waals surface area contributed by atoms with Gasteiger partial charge in [0.25, 0.3) is 0 Å². The van der Waals surface area contributed by atoms with Crippen LogP contribution in [-0.4, -0.2) is 46.8 Å². The standard InChI is InChI=1S/C20H21N5O3S2/c1-2-28-19(27)15-12-30-20(21-15)22-18(26)13-5-3-9-25(11-13)17-8-7-14(23-24-17)16-6-4-10-29-16/h4,6-8,10,12-13H,2-3,5,9,11H2,1H3,(H,21,22,26). The van der Waals surface area contributed by atoms with E-state index in [4.69, 9.17) is 4.74 Å². The third-order valence-corrected chi connectivity index (χ3v) is 6.41. The van der Waals surface area contributed by atoms with Gasteiger partial charge in [-0.05, 0) is 43.3 Å². The van der Waals surface area contributed by atoms with Gasteiger partial charge in [0, 0.05) is 18.5 Å². The van der Waals surface area contributed by atoms with Crippen LogP contribution in [0, 0.1) is 5.92 Å². The molecule has 1 aliphatic heterocycles. The minimum absolute atomic E-state index is 0.104. The molecule has 1 unspecified atom stereocenters. The fourth-order valence-electron chi connectivity index (χ4n) is 3.29. The number of nitrogens with one attached hydrogen (secondary N) is 1. The summed E-state index contributed by atoms with van der Waals surface area (Å²) in [5.41, 5.74) is 1.06. The van der Waals surface area contributed by atoms with Crippen molar-refractivity contribution in [2.45, 2.75) is 19.8 Å². The Kier molecular flexibility index (Phi) is 6.34. The van der Waals surface area contributed by atoms with E-state index in [2.05, 4.69) is 25.4 Å². The number of rotatable bonds is 6. The first-order chi connectivity index (χ1) is 14.6. The molecule has 1 saturated heterocycles. The van der Waals surface area contributed by atoms with E-state index in [-0.39, 0.29) is 24.1 Å². The summed E-state index contributed by atoms with van der Waals surface area (Å²) in [4.78, 5) is 31.8. The fourth-order valence-corrected chi connectivity index (χ4v) is 4.66. The lowest BCUT2D eigenvalue weighted by molar-refractivity contribution is -0.120. The van der Waals surface area contributed by atoms with Crippen molar-refractivity contribution >= 4 is 45.5 Å². The highest BCUT2D eigenvalue weighted by molar-refractivity contribution is 7.14. The van der Waals surface area contributed by atoms with Crippen LogP contribution in [0.1, 0.15) is 30.3 Å². The van der Waals surface area contributed by atoms with Crippen LogP contribution in [0.15, 0.2) is 35.0 Å². The molecule has 1 amide bonds. The third kappa shape index (κ3) is 4.65. The highest BCUT2D eigenvalue weighted by atomic mass is 32.1. The molecule has 4 rings (SSSR count). The monoisotopic (exact) mass is 443 g/mol. The molecule has 30 heavy (non-hydrogen) atoms. The van der Waals surface area contributed by atoms with Gasteiger partial charge in [-0.2, -0.15) is 0 Å². The van der Waals surface area contributed by atoms with Gasteiger partial charge in [-0.3, -0.25) is 4.79 Å². The Morgan fingerprint density at radius 1 is 1.27 bits per heavy atom. The van der Waals surface area contributed by atoms with Crippen molar-refractivity contribution in [1.82, 2.24) is 15.2 Å². The molecule has 1 N–H and O–H groups in total. The van der Waals surface area contributed by atoms with Gasteiger partial charge in [-0.15, -0.1) is 32.9 Å². The van der Waals surface area contributed by atoms with Crippen molar-refractivity contribution in [2.24, 2.45) is 5.92 Å². The quantitative estimate of drug-likeness (QED) is 0.580. The number of piperidine rings is 1. The minimum atomic E-state index is -0.484. The summed E-state index contributed by atoms with van der Waals surface area (Å²) in [5, 5.41) is 15.5. The smallest absolute Gasteiger partial charge is 0.357 e. The maximum absolute atomic E-state index is 12.7. The normalized spacial score (nSPS) is 16.3. The minimum Gasteiger partial charge on any atom is -0.461 e. The lowest BCUT2D eigenvalue weighted by atomic mass is 9.97. The number of amides is 1. The number of ether oxygens (including phenoxy) is 1. The molecule has 0 spiro atoms. The van der Waals surface area contributed by atoms with Crippen LogP contribution in [0.4, 0.5) is 10.9 Å². The largest absolute Gasteiger partial charge is 0.461 e. The molecule has 0 saturated carbocycles. The first-order valence-electron chi connectivity index (χ1n) is 9.70. The van der Waals surface area contributed by atoms with Gasteiger partial charge in [0.2, 0.25) is 5.91 Å². The number of aromatic nitrogens is 3. The maximum Gasteiger partial charge on any atom is 0.357 e. The molecule has 1 atom stereocenters. The zero-order valence-corrected chi connectivity index (χ0v) is 18.0. The summed E-state index contributed by atoms with van der Waals surface area (Å²) in [5.74, 6) is -0.00518. The maximum atomic E-state index is 12.7. The molecule has 3 aromatic heterocycles. The van der Waals surface area contributed by atoms with Crippen molar-refractivity contribution in [3.63, 3.8) is 0 Å². The van der Waals surface area contributed by atoms with E-state index in [1.54, 1.807) is 23.6 Å². The number of nitrogens with zero attached hydrogens (tertiary/aromatic N) is 4. The van der Waals surface area contributed by atoms with Gasteiger partial charge in [-0.1, -0.05) is 6.07 Å². The predicted octanol–water partition coefficient (Wildman–Crippen LogP) is 3.69. The van der Waals surface area contributed by atoms with Crippen LogP contribution in [0.5, 0.6) is 0 Å². The van der Waals surface area contributed by atoms with Crippen LogP contribution < -0.4 is 10.2 Å². The number of carbonyl (C=O) groups is 2. The molecule has 10 heteroatoms. The fraction of sp³-hybridized carbons (Fsp3) is 0.350. The molecule has 1 aliphatic rings. The van der Waals surface area contributed by atoms with E-state index in [9.17, 15) is 9.59 Å². The number of hydrogen-bond donors (Lipinski definition) is 1. The van der Waals surface area contributed by atoms with Gasteiger partial charge in [0.15, 0.2) is 16.6 Å². The Balaban J connectivity index is 1.37. The van der Waals surface area contributed by atoms with Gasteiger partial charge in [-0.25, -0.2) is 9.78 Å². The van der Waals surface area contributed by atoms with Gasteiger partial charge in [0.05, 0.1) is 17.4 Å². The summed E-state index contributed by atoms with van der Waals surface area (Å²) in [7, 11) is 0. The van der Waals surface area contributed by atoms with E-state index in [0.717, 1.165) is 35.8 Å². The molecular formula is C20H21N5O3S2. The SMILES string of the molecule is CCOC(=O)c1csc(NC(=O)C2CCCN(c3ccc(-c4cccs4)nn3)C2)n1. The van der Waals surface area contributed by atoms with Gasteiger partial charge >= 0.3 is 5.97 Å². The van der Waals surface area contributed by atoms with Crippen LogP contribution in [-0.2, 0) is 9.53 Å². The summed E-state index contributed by atoms with van der Waals surface area (Å²) in [6, 6.07) is 7.92. The van der Waals surface area contributed by atoms with Crippen molar-refractivity contribution in [3.8, 4) is 10.6 Å². The molecule has 0 aromatic carbocycles. The number of anilines is 2. The van der Waals surface area contributed by atoms with Crippen molar-refractivity contribution < 1.29 is 14.3 Å². The Bertz CT molecular complexity index is 1000. The van der Waals surface area contributed by atoms with Crippen molar-refractivity contribution in [3.05, 3.63) is 40.7 Å². The second kappa shape index (κ2) is 9.31. The van der Waals surface area contributed by atoms with E-state index in [0.29, 0.717) is 11.7 Å². The zero-order chi connectivity index (χ0) is 20.9. The Morgan fingerprint density at radius 2 is 2.17 bits per heavy atom. The molecule has 0 bridgehead atoms. The lowest BCUT2D eigenvalue weighted by Crippen LogP contribution is -2.41. The Labute approximate surface area is 181 Å². The summed E-state index contributed by atoms with van der Waals surface area (Å²) in [6.45, 7) is 3.42. The first kappa shape index (κ1) is 20.4.